The highest BCUT2D eigenvalue weighted by atomic mass is 19.1. The third-order valence-corrected chi connectivity index (χ3v) is 2.67. The summed E-state index contributed by atoms with van der Waals surface area (Å²) in [5, 5.41) is 0. The van der Waals surface area contributed by atoms with E-state index in [1.807, 2.05) is 26.0 Å². The lowest BCUT2D eigenvalue weighted by Gasteiger charge is -2.11. The van der Waals surface area contributed by atoms with Crippen LogP contribution >= 0.6 is 0 Å². The summed E-state index contributed by atoms with van der Waals surface area (Å²) in [6.45, 7) is 3.99. The summed E-state index contributed by atoms with van der Waals surface area (Å²) in [6, 6.07) is 9.61. The van der Waals surface area contributed by atoms with Crippen LogP contribution in [0, 0.1) is 19.7 Å². The Bertz CT molecular complexity index is 535. The summed E-state index contributed by atoms with van der Waals surface area (Å²) in [5.74, 6) is 0.881. The number of nitrogen functional groups attached to an aromatic ring is 1. The molecule has 0 aliphatic carbocycles. The molecule has 0 unspecified atom stereocenters. The van der Waals surface area contributed by atoms with Gasteiger partial charge in [-0.3, -0.25) is 0 Å². The maximum Gasteiger partial charge on any atom is 0.150 e. The summed E-state index contributed by atoms with van der Waals surface area (Å²) in [5.41, 5.74) is 8.68. The molecular formula is C14H14FNO. The molecule has 0 aliphatic rings. The van der Waals surface area contributed by atoms with Crippen LogP contribution in [0.1, 0.15) is 11.1 Å². The predicted octanol–water partition coefficient (Wildman–Crippen LogP) is 3.82. The molecule has 0 spiro atoms. The van der Waals surface area contributed by atoms with E-state index in [0.717, 1.165) is 11.1 Å². The van der Waals surface area contributed by atoms with E-state index in [4.69, 9.17) is 10.5 Å². The number of ether oxygens (including phenoxy) is 1. The largest absolute Gasteiger partial charge is 0.455 e. The average Bonchev–Trinajstić information content (AvgIpc) is 2.29. The predicted molar refractivity (Wildman–Crippen MR) is 66.8 cm³/mol. The molecule has 3 heteroatoms. The molecule has 2 nitrogen and oxygen atoms in total. The molecule has 0 saturated heterocycles. The van der Waals surface area contributed by atoms with Crippen molar-refractivity contribution in [2.75, 3.05) is 5.73 Å². The summed E-state index contributed by atoms with van der Waals surface area (Å²) in [7, 11) is 0. The Hall–Kier alpha value is -2.03. The fourth-order valence-electron chi connectivity index (χ4n) is 1.53. The number of nitrogens with two attached hydrogens (primary N) is 1. The lowest BCUT2D eigenvalue weighted by atomic mass is 10.1. The molecule has 17 heavy (non-hydrogen) atoms. The van der Waals surface area contributed by atoms with E-state index >= 15 is 0 Å². The molecule has 2 aromatic carbocycles. The molecule has 0 aromatic heterocycles. The molecule has 2 aromatic rings. The minimum atomic E-state index is -0.287. The third kappa shape index (κ3) is 2.56. The standard InChI is InChI=1S/C14H14FNO/c1-9-7-13(16)14(8-10(9)2)17-12-5-3-11(15)4-6-12/h3-8H,16H2,1-2H3. The summed E-state index contributed by atoms with van der Waals surface area (Å²) in [4.78, 5) is 0. The van der Waals surface area contributed by atoms with Gasteiger partial charge in [0.05, 0.1) is 5.69 Å². The van der Waals surface area contributed by atoms with E-state index in [0.29, 0.717) is 17.2 Å². The van der Waals surface area contributed by atoms with Crippen molar-refractivity contribution in [3.8, 4) is 11.5 Å². The zero-order valence-electron chi connectivity index (χ0n) is 9.83. The molecule has 88 valence electrons. The van der Waals surface area contributed by atoms with E-state index in [2.05, 4.69) is 0 Å². The normalized spacial score (nSPS) is 10.3. The highest BCUT2D eigenvalue weighted by Crippen LogP contribution is 2.30. The van der Waals surface area contributed by atoms with Crippen LogP contribution in [0.15, 0.2) is 36.4 Å². The smallest absolute Gasteiger partial charge is 0.150 e. The molecule has 2 rings (SSSR count). The van der Waals surface area contributed by atoms with Gasteiger partial charge in [0, 0.05) is 0 Å². The lowest BCUT2D eigenvalue weighted by Crippen LogP contribution is -1.94. The maximum atomic E-state index is 12.7. The number of benzene rings is 2. The highest BCUT2D eigenvalue weighted by molar-refractivity contribution is 5.57. The van der Waals surface area contributed by atoms with E-state index in [-0.39, 0.29) is 5.82 Å². The first-order valence-corrected chi connectivity index (χ1v) is 5.36. The van der Waals surface area contributed by atoms with Crippen LogP contribution in [-0.4, -0.2) is 0 Å². The Morgan fingerprint density at radius 3 is 2.24 bits per heavy atom. The van der Waals surface area contributed by atoms with Crippen molar-refractivity contribution in [1.82, 2.24) is 0 Å². The van der Waals surface area contributed by atoms with Gasteiger partial charge in [0.2, 0.25) is 0 Å². The average molecular weight is 231 g/mol. The maximum absolute atomic E-state index is 12.7. The highest BCUT2D eigenvalue weighted by Gasteiger charge is 2.05. The third-order valence-electron chi connectivity index (χ3n) is 2.67. The van der Waals surface area contributed by atoms with Gasteiger partial charge in [-0.1, -0.05) is 0 Å². The summed E-state index contributed by atoms with van der Waals surface area (Å²) in [6.07, 6.45) is 0. The fourth-order valence-corrected chi connectivity index (χ4v) is 1.53. The monoisotopic (exact) mass is 231 g/mol. The molecule has 0 saturated carbocycles. The van der Waals surface area contributed by atoms with Crippen molar-refractivity contribution < 1.29 is 9.13 Å². The first kappa shape index (κ1) is 11.5. The first-order valence-electron chi connectivity index (χ1n) is 5.36. The fraction of sp³-hybridized carbons (Fsp3) is 0.143. The molecule has 0 heterocycles. The molecule has 0 aliphatic heterocycles. The zero-order valence-corrected chi connectivity index (χ0v) is 9.83. The zero-order chi connectivity index (χ0) is 12.4. The number of aryl methyl sites for hydroxylation is 2. The number of halogens is 1. The molecule has 0 bridgehead atoms. The van der Waals surface area contributed by atoms with Gasteiger partial charge in [0.15, 0.2) is 5.75 Å². The molecule has 0 radical (unpaired) electrons. The van der Waals surface area contributed by atoms with Crippen LogP contribution in [0.2, 0.25) is 0 Å². The van der Waals surface area contributed by atoms with Gasteiger partial charge in [-0.05, 0) is 61.4 Å². The second-order valence-electron chi connectivity index (χ2n) is 4.03. The van der Waals surface area contributed by atoms with Gasteiger partial charge in [-0.15, -0.1) is 0 Å². The summed E-state index contributed by atoms with van der Waals surface area (Å²) < 4.78 is 18.3. The van der Waals surface area contributed by atoms with Crippen molar-refractivity contribution >= 4 is 5.69 Å². The molecule has 0 fully saturated rings. The molecule has 0 amide bonds. The van der Waals surface area contributed by atoms with Crippen LogP contribution in [0.3, 0.4) is 0 Å². The van der Waals surface area contributed by atoms with Crippen molar-refractivity contribution in [3.63, 3.8) is 0 Å². The number of anilines is 1. The second-order valence-corrected chi connectivity index (χ2v) is 4.03. The van der Waals surface area contributed by atoms with E-state index < -0.39 is 0 Å². The quantitative estimate of drug-likeness (QED) is 0.797. The van der Waals surface area contributed by atoms with Crippen molar-refractivity contribution in [3.05, 3.63) is 53.3 Å². The second kappa shape index (κ2) is 4.45. The Balaban J connectivity index is 2.30. The van der Waals surface area contributed by atoms with Gasteiger partial charge in [-0.2, -0.15) is 0 Å². The SMILES string of the molecule is Cc1cc(N)c(Oc2ccc(F)cc2)cc1C. The van der Waals surface area contributed by atoms with Gasteiger partial charge >= 0.3 is 0 Å². The Kier molecular flexibility index (Phi) is 3.00. The van der Waals surface area contributed by atoms with Crippen molar-refractivity contribution in [2.24, 2.45) is 0 Å². The van der Waals surface area contributed by atoms with Crippen LogP contribution in [0.4, 0.5) is 10.1 Å². The van der Waals surface area contributed by atoms with Crippen LogP contribution in [0.25, 0.3) is 0 Å². The first-order chi connectivity index (χ1) is 8.06. The van der Waals surface area contributed by atoms with E-state index in [1.54, 1.807) is 12.1 Å². The van der Waals surface area contributed by atoms with Crippen LogP contribution in [0.5, 0.6) is 11.5 Å². The Morgan fingerprint density at radius 2 is 1.59 bits per heavy atom. The van der Waals surface area contributed by atoms with E-state index in [9.17, 15) is 4.39 Å². The van der Waals surface area contributed by atoms with Gasteiger partial charge in [0.25, 0.3) is 0 Å². The molecule has 0 atom stereocenters. The van der Waals surface area contributed by atoms with Gasteiger partial charge in [0.1, 0.15) is 11.6 Å². The summed E-state index contributed by atoms with van der Waals surface area (Å²) >= 11 is 0. The number of rotatable bonds is 2. The van der Waals surface area contributed by atoms with Crippen LogP contribution < -0.4 is 10.5 Å². The number of hydrogen-bond acceptors (Lipinski definition) is 2. The van der Waals surface area contributed by atoms with Crippen LogP contribution in [-0.2, 0) is 0 Å². The Morgan fingerprint density at radius 1 is 1.00 bits per heavy atom. The molecular weight excluding hydrogens is 217 g/mol. The van der Waals surface area contributed by atoms with Gasteiger partial charge in [-0.25, -0.2) is 4.39 Å². The van der Waals surface area contributed by atoms with Gasteiger partial charge < -0.3 is 10.5 Å². The molecule has 2 N–H and O–H groups in total. The van der Waals surface area contributed by atoms with Crippen molar-refractivity contribution in [1.29, 1.82) is 0 Å². The number of hydrogen-bond donors (Lipinski definition) is 1. The topological polar surface area (TPSA) is 35.2 Å². The lowest BCUT2D eigenvalue weighted by molar-refractivity contribution is 0.482. The Labute approximate surface area is 99.8 Å². The minimum Gasteiger partial charge on any atom is -0.455 e. The minimum absolute atomic E-state index is 0.287. The van der Waals surface area contributed by atoms with E-state index in [1.165, 1.54) is 12.1 Å². The van der Waals surface area contributed by atoms with Crippen molar-refractivity contribution in [2.45, 2.75) is 13.8 Å².